The molecule has 168 valence electrons. The second kappa shape index (κ2) is 9.15. The number of amides is 4. The van der Waals surface area contributed by atoms with Gasteiger partial charge in [0.1, 0.15) is 23.5 Å². The van der Waals surface area contributed by atoms with Gasteiger partial charge < -0.3 is 10.2 Å². The Balaban J connectivity index is 1.60. The molecule has 0 spiro atoms. The van der Waals surface area contributed by atoms with Crippen molar-refractivity contribution < 1.29 is 27.6 Å². The molecule has 3 aromatic rings. The Bertz CT molecular complexity index is 1200. The van der Waals surface area contributed by atoms with Gasteiger partial charge in [-0.05, 0) is 66.2 Å². The lowest BCUT2D eigenvalue weighted by molar-refractivity contribution is -0.124. The summed E-state index contributed by atoms with van der Waals surface area (Å²) in [5.41, 5.74) is 0.906. The Labute approximate surface area is 187 Å². The molecule has 33 heavy (non-hydrogen) atoms. The number of urea groups is 1. The average molecular weight is 453 g/mol. The van der Waals surface area contributed by atoms with E-state index in [1.54, 1.807) is 6.07 Å². The number of hydrogen-bond donors (Lipinski definition) is 1. The third-order valence-corrected chi connectivity index (χ3v) is 5.15. The smallest absolute Gasteiger partial charge is 0.326 e. The molecule has 0 aliphatic carbocycles. The molecule has 1 aliphatic heterocycles. The minimum Gasteiger partial charge on any atom is -0.326 e. The van der Waals surface area contributed by atoms with Gasteiger partial charge in [0.2, 0.25) is 5.91 Å². The van der Waals surface area contributed by atoms with Crippen molar-refractivity contribution in [1.82, 2.24) is 4.90 Å². The molecule has 0 radical (unpaired) electrons. The third-order valence-electron chi connectivity index (χ3n) is 5.15. The van der Waals surface area contributed by atoms with Gasteiger partial charge in [-0.2, -0.15) is 0 Å². The Morgan fingerprint density at radius 3 is 2.12 bits per heavy atom. The quantitative estimate of drug-likeness (QED) is 0.560. The van der Waals surface area contributed by atoms with E-state index in [9.17, 15) is 27.6 Å². The van der Waals surface area contributed by atoms with Crippen LogP contribution in [0.1, 0.15) is 12.0 Å². The van der Waals surface area contributed by atoms with Crippen LogP contribution < -0.4 is 10.2 Å². The minimum absolute atomic E-state index is 0.117. The fraction of sp³-hybridized carbons (Fsp3) is 0.125. The Morgan fingerprint density at radius 1 is 0.848 bits per heavy atom. The molecule has 0 saturated carbocycles. The van der Waals surface area contributed by atoms with Gasteiger partial charge in [-0.3, -0.25) is 9.59 Å². The molecule has 1 fully saturated rings. The predicted octanol–water partition coefficient (Wildman–Crippen LogP) is 4.47. The van der Waals surface area contributed by atoms with Crippen LogP contribution in [0.15, 0.2) is 72.8 Å². The first-order valence-electron chi connectivity index (χ1n) is 10.0. The normalized spacial score (nSPS) is 15.8. The summed E-state index contributed by atoms with van der Waals surface area (Å²) >= 11 is 0. The van der Waals surface area contributed by atoms with E-state index in [1.807, 2.05) is 0 Å². The second-order valence-electron chi connectivity index (χ2n) is 7.47. The van der Waals surface area contributed by atoms with Crippen LogP contribution in [0.25, 0.3) is 0 Å². The summed E-state index contributed by atoms with van der Waals surface area (Å²) in [5, 5.41) is 2.56. The number of carbonyl (C=O) groups is 3. The summed E-state index contributed by atoms with van der Waals surface area (Å²) in [6, 6.07) is 13.5. The Morgan fingerprint density at radius 2 is 1.48 bits per heavy atom. The monoisotopic (exact) mass is 453 g/mol. The molecule has 6 nitrogen and oxygen atoms in total. The molecular weight excluding hydrogens is 435 g/mol. The van der Waals surface area contributed by atoms with Crippen LogP contribution in [0.4, 0.5) is 29.3 Å². The molecule has 1 N–H and O–H groups in total. The zero-order chi connectivity index (χ0) is 23.5. The van der Waals surface area contributed by atoms with Crippen LogP contribution in [0, 0.1) is 17.5 Å². The fourth-order valence-electron chi connectivity index (χ4n) is 3.59. The van der Waals surface area contributed by atoms with Crippen molar-refractivity contribution >= 4 is 29.2 Å². The van der Waals surface area contributed by atoms with Gasteiger partial charge in [0.15, 0.2) is 0 Å². The van der Waals surface area contributed by atoms with Gasteiger partial charge in [-0.25, -0.2) is 22.9 Å². The third kappa shape index (κ3) is 4.87. The van der Waals surface area contributed by atoms with Gasteiger partial charge in [0.25, 0.3) is 5.91 Å². The van der Waals surface area contributed by atoms with Crippen molar-refractivity contribution in [1.29, 1.82) is 0 Å². The first-order valence-corrected chi connectivity index (χ1v) is 10.0. The molecule has 1 aliphatic rings. The van der Waals surface area contributed by atoms with E-state index in [0.717, 1.165) is 17.0 Å². The number of anilines is 2. The summed E-state index contributed by atoms with van der Waals surface area (Å²) in [4.78, 5) is 41.0. The maximum atomic E-state index is 13.7. The number of nitrogens with one attached hydrogen (secondary N) is 1. The van der Waals surface area contributed by atoms with E-state index in [1.165, 1.54) is 59.5 Å². The van der Waals surface area contributed by atoms with Crippen molar-refractivity contribution in [2.45, 2.75) is 19.0 Å². The SMILES string of the molecule is O=C(C[C@@H]1C(=O)N(c2ccc(F)cc2)C(=O)N1Cc1cccc(F)c1)Nc1ccc(F)cc1. The number of hydrogen-bond acceptors (Lipinski definition) is 3. The molecular formula is C24H18F3N3O3. The minimum atomic E-state index is -1.17. The molecule has 4 amide bonds. The summed E-state index contributed by atoms with van der Waals surface area (Å²) in [7, 11) is 0. The van der Waals surface area contributed by atoms with Crippen LogP contribution >= 0.6 is 0 Å². The Hall–Kier alpha value is -4.14. The second-order valence-corrected chi connectivity index (χ2v) is 7.47. The molecule has 1 heterocycles. The zero-order valence-electron chi connectivity index (χ0n) is 17.2. The zero-order valence-corrected chi connectivity index (χ0v) is 17.2. The number of carbonyl (C=O) groups excluding carboxylic acids is 3. The van der Waals surface area contributed by atoms with Crippen LogP contribution in [0.5, 0.6) is 0 Å². The number of rotatable bonds is 6. The van der Waals surface area contributed by atoms with Crippen molar-refractivity contribution in [2.75, 3.05) is 10.2 Å². The fourth-order valence-corrected chi connectivity index (χ4v) is 3.59. The largest absolute Gasteiger partial charge is 0.332 e. The van der Waals surface area contributed by atoms with Crippen LogP contribution in [-0.4, -0.2) is 28.8 Å². The summed E-state index contributed by atoms with van der Waals surface area (Å²) in [6.07, 6.45) is -0.380. The van der Waals surface area contributed by atoms with Gasteiger partial charge in [0, 0.05) is 12.2 Å². The van der Waals surface area contributed by atoms with Gasteiger partial charge in [-0.1, -0.05) is 12.1 Å². The predicted molar refractivity (Wildman–Crippen MR) is 115 cm³/mol. The maximum Gasteiger partial charge on any atom is 0.332 e. The van der Waals surface area contributed by atoms with Crippen molar-refractivity contribution in [2.24, 2.45) is 0 Å². The molecule has 1 saturated heterocycles. The number of halogens is 3. The molecule has 4 rings (SSSR count). The standard InChI is InChI=1S/C24H18F3N3O3/c25-16-4-8-19(9-5-16)28-22(31)13-21-23(32)30(20-10-6-17(26)7-11-20)24(33)29(21)14-15-2-1-3-18(27)12-15/h1-12,21H,13-14H2,(H,28,31)/t21-/m1/s1. The summed E-state index contributed by atoms with van der Waals surface area (Å²) < 4.78 is 40.1. The van der Waals surface area contributed by atoms with Crippen LogP contribution in [-0.2, 0) is 16.1 Å². The van der Waals surface area contributed by atoms with Gasteiger partial charge >= 0.3 is 6.03 Å². The van der Waals surface area contributed by atoms with Crippen molar-refractivity contribution in [3.63, 3.8) is 0 Å². The Kier molecular flexibility index (Phi) is 6.12. The lowest BCUT2D eigenvalue weighted by atomic mass is 10.1. The highest BCUT2D eigenvalue weighted by Crippen LogP contribution is 2.29. The van der Waals surface area contributed by atoms with Crippen LogP contribution in [0.3, 0.4) is 0 Å². The van der Waals surface area contributed by atoms with E-state index in [2.05, 4.69) is 5.32 Å². The number of imide groups is 1. The first kappa shape index (κ1) is 22.1. The highest BCUT2D eigenvalue weighted by molar-refractivity contribution is 6.22. The van der Waals surface area contributed by atoms with E-state index >= 15 is 0 Å². The van der Waals surface area contributed by atoms with E-state index in [4.69, 9.17) is 0 Å². The number of nitrogens with zero attached hydrogens (tertiary/aromatic N) is 2. The molecule has 9 heteroatoms. The first-order chi connectivity index (χ1) is 15.8. The summed E-state index contributed by atoms with van der Waals surface area (Å²) in [6.45, 7) is -0.117. The lowest BCUT2D eigenvalue weighted by Gasteiger charge is -2.21. The summed E-state index contributed by atoms with van der Waals surface area (Å²) in [5.74, 6) is -2.76. The van der Waals surface area contributed by atoms with Crippen molar-refractivity contribution in [3.05, 3.63) is 95.8 Å². The van der Waals surface area contributed by atoms with E-state index in [-0.39, 0.29) is 18.7 Å². The number of benzene rings is 3. The molecule has 0 bridgehead atoms. The maximum absolute atomic E-state index is 13.7. The van der Waals surface area contributed by atoms with E-state index < -0.39 is 41.3 Å². The molecule has 0 aromatic heterocycles. The lowest BCUT2D eigenvalue weighted by Crippen LogP contribution is -2.37. The molecule has 0 unspecified atom stereocenters. The highest BCUT2D eigenvalue weighted by atomic mass is 19.1. The van der Waals surface area contributed by atoms with Gasteiger partial charge in [-0.15, -0.1) is 0 Å². The average Bonchev–Trinajstić information content (AvgIpc) is 3.00. The van der Waals surface area contributed by atoms with Gasteiger partial charge in [0.05, 0.1) is 12.1 Å². The van der Waals surface area contributed by atoms with Crippen LogP contribution in [0.2, 0.25) is 0 Å². The molecule has 1 atom stereocenters. The molecule has 3 aromatic carbocycles. The highest BCUT2D eigenvalue weighted by Gasteiger charge is 2.46. The topological polar surface area (TPSA) is 69.7 Å². The van der Waals surface area contributed by atoms with Crippen molar-refractivity contribution in [3.8, 4) is 0 Å². The van der Waals surface area contributed by atoms with E-state index in [0.29, 0.717) is 11.3 Å².